The number of pyridine rings is 1. The summed E-state index contributed by atoms with van der Waals surface area (Å²) in [5.41, 5.74) is 16.0. The van der Waals surface area contributed by atoms with Crippen LogP contribution in [0.1, 0.15) is 11.1 Å². The summed E-state index contributed by atoms with van der Waals surface area (Å²) in [5.74, 6) is 1.91. The van der Waals surface area contributed by atoms with Crippen molar-refractivity contribution in [3.63, 3.8) is 0 Å². The summed E-state index contributed by atoms with van der Waals surface area (Å²) >= 11 is 0. The Morgan fingerprint density at radius 1 is 0.321 bits per heavy atom. The molecule has 0 spiro atoms. The van der Waals surface area contributed by atoms with E-state index in [2.05, 4.69) is 114 Å². The van der Waals surface area contributed by atoms with E-state index in [1.807, 2.05) is 72.9 Å². The van der Waals surface area contributed by atoms with Crippen LogP contribution in [0.3, 0.4) is 0 Å². The van der Waals surface area contributed by atoms with Crippen molar-refractivity contribution in [3.05, 3.63) is 193 Å². The number of benzene rings is 7. The second-order valence-electron chi connectivity index (χ2n) is 13.5. The lowest BCUT2D eigenvalue weighted by atomic mass is 9.92. The Hall–Kier alpha value is -7.04. The van der Waals surface area contributed by atoms with Crippen LogP contribution in [0.15, 0.2) is 182 Å². The van der Waals surface area contributed by atoms with E-state index in [0.29, 0.717) is 17.5 Å². The van der Waals surface area contributed by atoms with Crippen LogP contribution in [0.4, 0.5) is 0 Å². The summed E-state index contributed by atoms with van der Waals surface area (Å²) in [5, 5.41) is 1.10. The molecule has 0 saturated carbocycles. The summed E-state index contributed by atoms with van der Waals surface area (Å²) in [7, 11) is 0. The summed E-state index contributed by atoms with van der Waals surface area (Å²) in [6.07, 6.45) is 2.80. The Morgan fingerprint density at radius 3 is 1.60 bits per heavy atom. The monoisotopic (exact) mass is 676 g/mol. The lowest BCUT2D eigenvalue weighted by Crippen LogP contribution is -2.00. The third kappa shape index (κ3) is 5.77. The van der Waals surface area contributed by atoms with Gasteiger partial charge in [-0.05, 0) is 98.5 Å². The third-order valence-corrected chi connectivity index (χ3v) is 10.2. The molecule has 0 amide bonds. The standard InChI is InChI=1S/C49H32N4/c1-4-12-32(13-5-1)36-20-21-37-27-39-26-35(22-23-42(39)45(37)31-36)38-28-40(43-24-25-50-46-19-11-10-18-44(43)46)30-41(29-38)49-52-47(33-14-6-2-7-15-33)51-48(53-49)34-16-8-3-9-17-34/h1-26,28-31H,27H2. The number of aromatic nitrogens is 4. The van der Waals surface area contributed by atoms with Crippen molar-refractivity contribution in [3.8, 4) is 78.7 Å². The van der Waals surface area contributed by atoms with Crippen LogP contribution in [0.25, 0.3) is 89.6 Å². The lowest BCUT2D eigenvalue weighted by molar-refractivity contribution is 1.07. The Bertz CT molecular complexity index is 2730. The second kappa shape index (κ2) is 12.9. The number of hydrogen-bond donors (Lipinski definition) is 0. The Labute approximate surface area is 308 Å². The van der Waals surface area contributed by atoms with E-state index in [4.69, 9.17) is 15.0 Å². The molecule has 0 fully saturated rings. The lowest BCUT2D eigenvalue weighted by Gasteiger charge is -2.14. The zero-order valence-electron chi connectivity index (χ0n) is 28.8. The van der Waals surface area contributed by atoms with Crippen LogP contribution in [0.2, 0.25) is 0 Å². The van der Waals surface area contributed by atoms with Crippen LogP contribution in [-0.4, -0.2) is 19.9 Å². The molecule has 0 aliphatic heterocycles. The van der Waals surface area contributed by atoms with E-state index in [-0.39, 0.29) is 0 Å². The molecule has 4 heteroatoms. The number of hydrogen-bond acceptors (Lipinski definition) is 4. The van der Waals surface area contributed by atoms with Gasteiger partial charge in [-0.1, -0.05) is 140 Å². The predicted molar refractivity (Wildman–Crippen MR) is 216 cm³/mol. The van der Waals surface area contributed by atoms with E-state index in [1.165, 1.54) is 33.4 Å². The first kappa shape index (κ1) is 30.8. The molecule has 2 aromatic heterocycles. The van der Waals surface area contributed by atoms with Crippen LogP contribution < -0.4 is 0 Å². The summed E-state index contributed by atoms with van der Waals surface area (Å²) in [4.78, 5) is 19.9. The molecule has 53 heavy (non-hydrogen) atoms. The molecule has 1 aliphatic rings. The minimum Gasteiger partial charge on any atom is -0.256 e. The Balaban J connectivity index is 1.15. The maximum absolute atomic E-state index is 5.11. The van der Waals surface area contributed by atoms with Crippen molar-refractivity contribution in [2.75, 3.05) is 0 Å². The quantitative estimate of drug-likeness (QED) is 0.176. The van der Waals surface area contributed by atoms with Crippen molar-refractivity contribution < 1.29 is 0 Å². The van der Waals surface area contributed by atoms with Gasteiger partial charge in [-0.3, -0.25) is 4.98 Å². The van der Waals surface area contributed by atoms with Crippen LogP contribution in [0, 0.1) is 0 Å². The third-order valence-electron chi connectivity index (χ3n) is 10.2. The van der Waals surface area contributed by atoms with E-state index >= 15 is 0 Å². The first-order chi connectivity index (χ1) is 26.2. The Morgan fingerprint density at radius 2 is 0.887 bits per heavy atom. The SMILES string of the molecule is c1ccc(-c2ccc3c(c2)-c2ccc(-c4cc(-c5nc(-c6ccccc6)nc(-c6ccccc6)n5)cc(-c5ccnc6ccccc56)c4)cc2C3)cc1. The van der Waals surface area contributed by atoms with Crippen molar-refractivity contribution in [1.82, 2.24) is 19.9 Å². The van der Waals surface area contributed by atoms with Crippen LogP contribution >= 0.6 is 0 Å². The molecule has 248 valence electrons. The molecule has 0 atom stereocenters. The summed E-state index contributed by atoms with van der Waals surface area (Å²) < 4.78 is 0. The molecule has 0 N–H and O–H groups in total. The number of nitrogens with zero attached hydrogens (tertiary/aromatic N) is 4. The Kier molecular flexibility index (Phi) is 7.51. The van der Waals surface area contributed by atoms with Crippen LogP contribution in [-0.2, 0) is 6.42 Å². The van der Waals surface area contributed by atoms with Gasteiger partial charge in [-0.25, -0.2) is 15.0 Å². The number of rotatable bonds is 6. The van der Waals surface area contributed by atoms with E-state index < -0.39 is 0 Å². The smallest absolute Gasteiger partial charge is 0.164 e. The van der Waals surface area contributed by atoms with Gasteiger partial charge in [-0.2, -0.15) is 0 Å². The highest BCUT2D eigenvalue weighted by Gasteiger charge is 2.21. The summed E-state index contributed by atoms with van der Waals surface area (Å²) in [6.45, 7) is 0. The fourth-order valence-electron chi connectivity index (χ4n) is 7.54. The van der Waals surface area contributed by atoms with Gasteiger partial charge < -0.3 is 0 Å². The van der Waals surface area contributed by atoms with E-state index in [1.54, 1.807) is 0 Å². The highest BCUT2D eigenvalue weighted by atomic mass is 15.0. The predicted octanol–water partition coefficient (Wildman–Crippen LogP) is 12.0. The minimum atomic E-state index is 0.626. The topological polar surface area (TPSA) is 51.6 Å². The van der Waals surface area contributed by atoms with Crippen LogP contribution in [0.5, 0.6) is 0 Å². The van der Waals surface area contributed by atoms with Gasteiger partial charge in [-0.15, -0.1) is 0 Å². The van der Waals surface area contributed by atoms with Gasteiger partial charge in [0.15, 0.2) is 17.5 Å². The van der Waals surface area contributed by atoms with Crippen molar-refractivity contribution in [2.24, 2.45) is 0 Å². The average molecular weight is 677 g/mol. The molecule has 7 aromatic carbocycles. The second-order valence-corrected chi connectivity index (χ2v) is 13.5. The van der Waals surface area contributed by atoms with Crippen molar-refractivity contribution >= 4 is 10.9 Å². The highest BCUT2D eigenvalue weighted by molar-refractivity contribution is 5.96. The largest absolute Gasteiger partial charge is 0.256 e. The molecule has 0 bridgehead atoms. The first-order valence-electron chi connectivity index (χ1n) is 17.9. The fourth-order valence-corrected chi connectivity index (χ4v) is 7.54. The van der Waals surface area contributed by atoms with Crippen molar-refractivity contribution in [2.45, 2.75) is 6.42 Å². The molecule has 1 aliphatic carbocycles. The summed E-state index contributed by atoms with van der Waals surface area (Å²) in [6, 6.07) is 61.8. The number of para-hydroxylation sites is 1. The fraction of sp³-hybridized carbons (Fsp3) is 0.0204. The molecule has 4 nitrogen and oxygen atoms in total. The van der Waals surface area contributed by atoms with Gasteiger partial charge in [0, 0.05) is 28.3 Å². The van der Waals surface area contributed by atoms with Crippen molar-refractivity contribution in [1.29, 1.82) is 0 Å². The van der Waals surface area contributed by atoms with Gasteiger partial charge in [0.05, 0.1) is 5.52 Å². The molecular weight excluding hydrogens is 645 g/mol. The van der Waals surface area contributed by atoms with Gasteiger partial charge in [0.2, 0.25) is 0 Å². The van der Waals surface area contributed by atoms with Gasteiger partial charge in [0.1, 0.15) is 0 Å². The number of fused-ring (bicyclic) bond motifs is 4. The van der Waals surface area contributed by atoms with Gasteiger partial charge >= 0.3 is 0 Å². The first-order valence-corrected chi connectivity index (χ1v) is 17.9. The molecule has 0 saturated heterocycles. The average Bonchev–Trinajstić information content (AvgIpc) is 3.61. The van der Waals surface area contributed by atoms with Gasteiger partial charge in [0.25, 0.3) is 0 Å². The normalized spacial score (nSPS) is 11.7. The minimum absolute atomic E-state index is 0.626. The molecular formula is C49H32N4. The molecule has 9 aromatic rings. The zero-order chi connectivity index (χ0) is 35.1. The van der Waals surface area contributed by atoms with E-state index in [9.17, 15) is 0 Å². The highest BCUT2D eigenvalue weighted by Crippen LogP contribution is 2.42. The maximum Gasteiger partial charge on any atom is 0.164 e. The maximum atomic E-state index is 5.11. The molecule has 0 unspecified atom stereocenters. The van der Waals surface area contributed by atoms with E-state index in [0.717, 1.165) is 56.3 Å². The zero-order valence-corrected chi connectivity index (χ0v) is 28.8. The molecule has 10 rings (SSSR count). The molecule has 2 heterocycles. The molecule has 0 radical (unpaired) electrons.